The number of ketones is 1. The molecule has 0 saturated heterocycles. The number of nitrogens with zero attached hydrogens (tertiary/aromatic N) is 1. The molecule has 0 aromatic carbocycles. The summed E-state index contributed by atoms with van der Waals surface area (Å²) >= 11 is 0. The number of carbonyl (C=O) groups is 2. The molecule has 1 aliphatic carbocycles. The first-order chi connectivity index (χ1) is 10.5. The lowest BCUT2D eigenvalue weighted by Crippen LogP contribution is -2.32. The van der Waals surface area contributed by atoms with E-state index < -0.39 is 0 Å². The summed E-state index contributed by atoms with van der Waals surface area (Å²) in [5, 5.41) is 2.89. The fourth-order valence-corrected chi connectivity index (χ4v) is 2.24. The van der Waals surface area contributed by atoms with Crippen molar-refractivity contribution in [1.29, 1.82) is 0 Å². The fourth-order valence-electron chi connectivity index (χ4n) is 2.24. The Balaban J connectivity index is 3.11. The number of hydrogen-bond acceptors (Lipinski definition) is 3. The van der Waals surface area contributed by atoms with Crippen molar-refractivity contribution >= 4 is 11.7 Å². The van der Waals surface area contributed by atoms with Gasteiger partial charge < -0.3 is 10.2 Å². The van der Waals surface area contributed by atoms with Gasteiger partial charge in [0.15, 0.2) is 5.78 Å². The minimum absolute atomic E-state index is 0.0151. The molecule has 1 rings (SSSR count). The average molecular weight is 318 g/mol. The van der Waals surface area contributed by atoms with Crippen LogP contribution in [0.25, 0.3) is 0 Å². The predicted molar refractivity (Wildman–Crippen MR) is 95.1 cm³/mol. The normalized spacial score (nSPS) is 21.6. The van der Waals surface area contributed by atoms with Crippen LogP contribution in [-0.4, -0.2) is 43.8 Å². The molecule has 1 amide bonds. The number of carbonyl (C=O) groups excluding carboxylic acids is 2. The maximum absolute atomic E-state index is 12.5. The molecule has 0 bridgehead atoms. The number of rotatable bonds is 5. The molecule has 0 radical (unpaired) electrons. The van der Waals surface area contributed by atoms with Crippen molar-refractivity contribution in [3.05, 3.63) is 35.5 Å². The van der Waals surface area contributed by atoms with E-state index >= 15 is 0 Å². The third-order valence-corrected chi connectivity index (χ3v) is 4.57. The monoisotopic (exact) mass is 318 g/mol. The lowest BCUT2D eigenvalue weighted by molar-refractivity contribution is -0.118. The number of nitrogens with one attached hydrogen (secondary N) is 1. The molecule has 128 valence electrons. The zero-order valence-corrected chi connectivity index (χ0v) is 15.5. The van der Waals surface area contributed by atoms with Crippen LogP contribution in [0.4, 0.5) is 0 Å². The molecule has 23 heavy (non-hydrogen) atoms. The maximum atomic E-state index is 12.5. The van der Waals surface area contributed by atoms with Gasteiger partial charge >= 0.3 is 0 Å². The van der Waals surface area contributed by atoms with E-state index in [0.717, 1.165) is 6.54 Å². The van der Waals surface area contributed by atoms with Gasteiger partial charge in [-0.3, -0.25) is 9.59 Å². The van der Waals surface area contributed by atoms with Gasteiger partial charge in [-0.15, -0.1) is 0 Å². The average Bonchev–Trinajstić information content (AvgIpc) is 2.57. The minimum Gasteiger partial charge on any atom is -0.351 e. The van der Waals surface area contributed by atoms with Crippen LogP contribution in [0, 0.1) is 10.8 Å². The molecular weight excluding hydrogens is 288 g/mol. The Hall–Kier alpha value is -1.68. The first-order valence-corrected chi connectivity index (χ1v) is 8.04. The lowest BCUT2D eigenvalue weighted by atomic mass is 9.67. The Morgan fingerprint density at radius 1 is 1.13 bits per heavy atom. The van der Waals surface area contributed by atoms with Crippen molar-refractivity contribution in [2.75, 3.05) is 27.2 Å². The fraction of sp³-hybridized carbons (Fsp3) is 0.579. The molecule has 0 aromatic heterocycles. The van der Waals surface area contributed by atoms with Gasteiger partial charge in [0.2, 0.25) is 0 Å². The second-order valence-corrected chi connectivity index (χ2v) is 7.64. The summed E-state index contributed by atoms with van der Waals surface area (Å²) in [5.41, 5.74) is 0.676. The van der Waals surface area contributed by atoms with Crippen molar-refractivity contribution in [1.82, 2.24) is 10.2 Å². The zero-order chi connectivity index (χ0) is 17.8. The number of likely N-dealkylation sites (N-methyl/N-ethyl adjacent to an activating group) is 1. The lowest BCUT2D eigenvalue weighted by Gasteiger charge is -2.37. The van der Waals surface area contributed by atoms with Crippen LogP contribution in [-0.2, 0) is 9.59 Å². The smallest absolute Gasteiger partial charge is 0.252 e. The Labute approximate surface area is 140 Å². The van der Waals surface area contributed by atoms with Crippen LogP contribution in [0.3, 0.4) is 0 Å². The summed E-state index contributed by atoms with van der Waals surface area (Å²) in [5.74, 6) is -0.294. The van der Waals surface area contributed by atoms with E-state index in [1.54, 1.807) is 12.2 Å². The molecule has 4 nitrogen and oxygen atoms in total. The summed E-state index contributed by atoms with van der Waals surface area (Å²) in [6.07, 6.45) is 7.65. The van der Waals surface area contributed by atoms with Crippen LogP contribution in [0.15, 0.2) is 35.5 Å². The van der Waals surface area contributed by atoms with Gasteiger partial charge in [-0.1, -0.05) is 52.0 Å². The molecular formula is C19H30N2O2. The van der Waals surface area contributed by atoms with Crippen LogP contribution < -0.4 is 5.32 Å². The molecule has 0 aromatic rings. The Bertz CT molecular complexity index is 562. The summed E-state index contributed by atoms with van der Waals surface area (Å²) in [4.78, 5) is 26.5. The molecule has 0 fully saturated rings. The molecule has 1 N–H and O–H groups in total. The van der Waals surface area contributed by atoms with E-state index in [1.807, 2.05) is 31.1 Å². The SMILES string of the molecule is CC(=O)C1=C(C(=O)NCCN(C)C)C=CC(C)(C(C)(C)C)C=C1. The molecule has 0 aliphatic heterocycles. The van der Waals surface area contributed by atoms with Crippen molar-refractivity contribution in [3.8, 4) is 0 Å². The van der Waals surface area contributed by atoms with Gasteiger partial charge in [0.25, 0.3) is 5.91 Å². The third kappa shape index (κ3) is 4.90. The second-order valence-electron chi connectivity index (χ2n) is 7.64. The summed E-state index contributed by atoms with van der Waals surface area (Å²) < 4.78 is 0. The Morgan fingerprint density at radius 3 is 2.09 bits per heavy atom. The standard InChI is InChI=1S/C19H30N2O2/c1-14(22)15-8-10-19(5,18(2,3)4)11-9-16(15)17(23)20-12-13-21(6)7/h8-11H,12-13H2,1-7H3,(H,20,23). The van der Waals surface area contributed by atoms with Crippen LogP contribution in [0.2, 0.25) is 0 Å². The first kappa shape index (κ1) is 19.4. The highest BCUT2D eigenvalue weighted by Crippen LogP contribution is 2.42. The van der Waals surface area contributed by atoms with E-state index in [1.165, 1.54) is 6.92 Å². The maximum Gasteiger partial charge on any atom is 0.252 e. The summed E-state index contributed by atoms with van der Waals surface area (Å²) in [7, 11) is 3.91. The minimum atomic E-state index is -0.223. The molecule has 1 aliphatic rings. The van der Waals surface area contributed by atoms with E-state index in [0.29, 0.717) is 17.7 Å². The molecule has 4 heteroatoms. The van der Waals surface area contributed by atoms with Crippen LogP contribution in [0.5, 0.6) is 0 Å². The van der Waals surface area contributed by atoms with E-state index in [-0.39, 0.29) is 22.5 Å². The molecule has 0 heterocycles. The number of allylic oxidation sites excluding steroid dienone is 4. The topological polar surface area (TPSA) is 49.4 Å². The Kier molecular flexibility index (Phi) is 6.11. The van der Waals surface area contributed by atoms with Crippen LogP contribution >= 0.6 is 0 Å². The highest BCUT2D eigenvalue weighted by molar-refractivity contribution is 6.08. The van der Waals surface area contributed by atoms with Gasteiger partial charge in [-0.25, -0.2) is 0 Å². The van der Waals surface area contributed by atoms with E-state index in [4.69, 9.17) is 0 Å². The zero-order valence-electron chi connectivity index (χ0n) is 15.5. The van der Waals surface area contributed by atoms with E-state index in [2.05, 4.69) is 33.0 Å². The van der Waals surface area contributed by atoms with Gasteiger partial charge in [0.1, 0.15) is 0 Å². The highest BCUT2D eigenvalue weighted by Gasteiger charge is 2.34. The number of hydrogen-bond donors (Lipinski definition) is 1. The quantitative estimate of drug-likeness (QED) is 0.848. The number of Topliss-reactive ketones (excluding diaryl/α,β-unsaturated/α-hetero) is 1. The largest absolute Gasteiger partial charge is 0.351 e. The predicted octanol–water partition coefficient (Wildman–Crippen LogP) is 2.73. The Morgan fingerprint density at radius 2 is 1.65 bits per heavy atom. The highest BCUT2D eigenvalue weighted by atomic mass is 16.2. The van der Waals surface area contributed by atoms with Gasteiger partial charge in [-0.2, -0.15) is 0 Å². The summed E-state index contributed by atoms with van der Waals surface area (Å²) in [6.45, 7) is 11.4. The van der Waals surface area contributed by atoms with Crippen molar-refractivity contribution in [2.24, 2.45) is 10.8 Å². The van der Waals surface area contributed by atoms with Crippen molar-refractivity contribution in [3.63, 3.8) is 0 Å². The van der Waals surface area contributed by atoms with Gasteiger partial charge in [0.05, 0.1) is 0 Å². The van der Waals surface area contributed by atoms with Crippen LogP contribution in [0.1, 0.15) is 34.6 Å². The third-order valence-electron chi connectivity index (χ3n) is 4.57. The van der Waals surface area contributed by atoms with Crippen molar-refractivity contribution < 1.29 is 9.59 Å². The second kappa shape index (κ2) is 7.26. The first-order valence-electron chi connectivity index (χ1n) is 8.04. The molecule has 0 saturated carbocycles. The molecule has 1 unspecified atom stereocenters. The van der Waals surface area contributed by atoms with Crippen molar-refractivity contribution in [2.45, 2.75) is 34.6 Å². The molecule has 0 spiro atoms. The van der Waals surface area contributed by atoms with Gasteiger partial charge in [0, 0.05) is 29.7 Å². The number of amides is 1. The van der Waals surface area contributed by atoms with E-state index in [9.17, 15) is 9.59 Å². The molecule has 1 atom stereocenters. The summed E-state index contributed by atoms with van der Waals surface area (Å²) in [6, 6.07) is 0. The van der Waals surface area contributed by atoms with Gasteiger partial charge in [-0.05, 0) is 26.4 Å².